The second kappa shape index (κ2) is 13.9. The third-order valence-electron chi connectivity index (χ3n) is 19.4. The zero-order valence-corrected chi connectivity index (χ0v) is 45.7. The van der Waals surface area contributed by atoms with Crippen LogP contribution in [0.3, 0.4) is 0 Å². The summed E-state index contributed by atoms with van der Waals surface area (Å²) in [5.41, 5.74) is 25.4. The molecule has 360 valence electrons. The molecule has 6 aliphatic rings. The number of nitrogens with zero attached hydrogens (tertiary/aromatic N) is 2. The Labute approximate surface area is 427 Å². The molecule has 0 aromatic heterocycles. The molecule has 0 fully saturated rings. The van der Waals surface area contributed by atoms with Crippen molar-refractivity contribution >= 4 is 57.2 Å². The van der Waals surface area contributed by atoms with Crippen LogP contribution in [0.2, 0.25) is 0 Å². The summed E-state index contributed by atoms with van der Waals surface area (Å²) in [5.74, 6) is 0. The van der Waals surface area contributed by atoms with Gasteiger partial charge >= 0.3 is 0 Å². The van der Waals surface area contributed by atoms with Crippen LogP contribution < -0.4 is 26.2 Å². The Balaban J connectivity index is 1.20. The first kappa shape index (κ1) is 42.6. The lowest BCUT2D eigenvalue weighted by Crippen LogP contribution is -2.62. The third-order valence-corrected chi connectivity index (χ3v) is 19.4. The predicted octanol–water partition coefficient (Wildman–Crippen LogP) is 16.3. The molecule has 2 heterocycles. The van der Waals surface area contributed by atoms with E-state index in [-0.39, 0.29) is 50.0 Å². The maximum atomic E-state index is 9.28. The van der Waals surface area contributed by atoms with Crippen LogP contribution in [0.5, 0.6) is 0 Å². The van der Waals surface area contributed by atoms with Crippen molar-refractivity contribution in [3.8, 4) is 11.1 Å². The van der Waals surface area contributed by atoms with E-state index in [1.54, 1.807) is 0 Å². The van der Waals surface area contributed by atoms with Crippen molar-refractivity contribution in [2.24, 2.45) is 0 Å². The lowest BCUT2D eigenvalue weighted by Gasteiger charge is -2.48. The average molecular weight is 926 g/mol. The zero-order valence-electron chi connectivity index (χ0n) is 48.7. The molecule has 0 bridgehead atoms. The maximum Gasteiger partial charge on any atom is 0.252 e. The number of aryl methyl sites for hydroxylation is 1. The summed E-state index contributed by atoms with van der Waals surface area (Å²) in [7, 11) is 0. The topological polar surface area (TPSA) is 6.48 Å². The minimum absolute atomic E-state index is 0.0176. The summed E-state index contributed by atoms with van der Waals surface area (Å²) >= 11 is 0. The molecule has 0 atom stereocenters. The monoisotopic (exact) mass is 926 g/mol. The molecule has 4 aliphatic carbocycles. The molecule has 2 nitrogen and oxygen atoms in total. The van der Waals surface area contributed by atoms with Gasteiger partial charge in [-0.05, 0) is 209 Å². The van der Waals surface area contributed by atoms with E-state index in [0.717, 1.165) is 60.5 Å². The van der Waals surface area contributed by atoms with Gasteiger partial charge in [-0.1, -0.05) is 160 Å². The van der Waals surface area contributed by atoms with Gasteiger partial charge in [-0.15, -0.1) is 0 Å². The average Bonchev–Trinajstić information content (AvgIpc) is 3.63. The molecule has 3 heteroatoms. The second-order valence-corrected chi connectivity index (χ2v) is 28.5. The van der Waals surface area contributed by atoms with Gasteiger partial charge in [0.2, 0.25) is 0 Å². The Morgan fingerprint density at radius 2 is 0.843 bits per heavy atom. The molecule has 0 N–H and O–H groups in total. The molecule has 70 heavy (non-hydrogen) atoms. The number of hydrogen-bond donors (Lipinski definition) is 0. The van der Waals surface area contributed by atoms with Crippen LogP contribution in [0.25, 0.3) is 11.1 Å². The highest BCUT2D eigenvalue weighted by Crippen LogP contribution is 2.57. The van der Waals surface area contributed by atoms with Gasteiger partial charge in [0.05, 0.1) is 0 Å². The van der Waals surface area contributed by atoms with Crippen molar-refractivity contribution < 1.29 is 4.11 Å². The molecule has 0 unspecified atom stereocenters. The van der Waals surface area contributed by atoms with Crippen molar-refractivity contribution in [2.45, 2.75) is 200 Å². The molecule has 2 aliphatic heterocycles. The first-order chi connectivity index (χ1) is 33.6. The summed E-state index contributed by atoms with van der Waals surface area (Å²) in [6.45, 7) is 38.3. The normalized spacial score (nSPS) is 22.2. The van der Waals surface area contributed by atoms with Crippen molar-refractivity contribution in [1.29, 1.82) is 0 Å². The third kappa shape index (κ3) is 6.30. The molecule has 6 aromatic carbocycles. The zero-order chi connectivity index (χ0) is 52.5. The Kier molecular flexibility index (Phi) is 8.49. The standard InChI is InChI=1S/C67H79BN2/c1-39-29-57-59-58(30-39)70(42-21-24-45-48(33-42)62(7,8)26-25-61(45,5)6)55-36-51-49(63(9,10)27-28-64(51,11)12)34-53(55)68(59)54-35-50-52(66(15,16)38-65(50,13)14)37-56(54)69(57)41-20-23-44-43-22-19-40(60(2,3)4)31-46(43)67(17,18)47(44)32-41/h19-24,29-37H,25-28,38H2,1-18H3/i1D3. The highest BCUT2D eigenvalue weighted by atomic mass is 15.2. The van der Waals surface area contributed by atoms with Gasteiger partial charge in [-0.3, -0.25) is 0 Å². The van der Waals surface area contributed by atoms with E-state index in [9.17, 15) is 4.11 Å². The molecule has 0 saturated carbocycles. The van der Waals surface area contributed by atoms with Crippen LogP contribution in [-0.2, 0) is 43.3 Å². The highest BCUT2D eigenvalue weighted by Gasteiger charge is 2.50. The number of anilines is 6. The summed E-state index contributed by atoms with van der Waals surface area (Å²) in [6.07, 6.45) is 5.54. The fourth-order valence-corrected chi connectivity index (χ4v) is 15.1. The van der Waals surface area contributed by atoms with Gasteiger partial charge in [-0.25, -0.2) is 0 Å². The van der Waals surface area contributed by atoms with Crippen LogP contribution in [-0.4, -0.2) is 6.71 Å². The van der Waals surface area contributed by atoms with E-state index in [1.165, 1.54) is 83.3 Å². The minimum Gasteiger partial charge on any atom is -0.311 e. The SMILES string of the molecule is [2H]C([2H])([2H])c1cc2c3c(c1)N(c1ccc4c(c1)C(C)(C)c1cc(C(C)(C)C)ccc1-4)c1cc4c(cc1B3c1cc3c(cc1N2c1ccc2c(c1)C(C)(C)CCC2(C)C)C(C)(C)CCC3(C)C)C(C)(C)CC4(C)C. The minimum atomic E-state index is -2.36. The highest BCUT2D eigenvalue weighted by molar-refractivity contribution is 7.00. The first-order valence-electron chi connectivity index (χ1n) is 28.3. The maximum absolute atomic E-state index is 9.28. The fourth-order valence-electron chi connectivity index (χ4n) is 15.1. The van der Waals surface area contributed by atoms with Crippen LogP contribution in [0.15, 0.2) is 91.0 Å². The molecular formula is C67H79BN2. The van der Waals surface area contributed by atoms with E-state index < -0.39 is 6.85 Å². The Morgan fingerprint density at radius 3 is 1.36 bits per heavy atom. The van der Waals surface area contributed by atoms with E-state index in [1.807, 2.05) is 0 Å². The predicted molar refractivity (Wildman–Crippen MR) is 303 cm³/mol. The summed E-state index contributed by atoms with van der Waals surface area (Å²) in [5, 5.41) is 0. The molecule has 0 radical (unpaired) electrons. The van der Waals surface area contributed by atoms with Gasteiger partial charge in [0.25, 0.3) is 6.71 Å². The molecule has 12 rings (SSSR count). The van der Waals surface area contributed by atoms with E-state index in [4.69, 9.17) is 0 Å². The largest absolute Gasteiger partial charge is 0.311 e. The van der Waals surface area contributed by atoms with Crippen LogP contribution in [0.1, 0.15) is 210 Å². The number of rotatable bonds is 2. The van der Waals surface area contributed by atoms with Gasteiger partial charge in [0.15, 0.2) is 0 Å². The quantitative estimate of drug-likeness (QED) is 0.159. The number of hydrogen-bond acceptors (Lipinski definition) is 2. The summed E-state index contributed by atoms with van der Waals surface area (Å²) in [4.78, 5) is 5.00. The van der Waals surface area contributed by atoms with E-state index in [0.29, 0.717) is 5.56 Å². The number of benzene rings is 6. The molecule has 0 amide bonds. The van der Waals surface area contributed by atoms with Crippen molar-refractivity contribution in [2.75, 3.05) is 9.80 Å². The molecule has 0 saturated heterocycles. The van der Waals surface area contributed by atoms with Crippen molar-refractivity contribution in [3.63, 3.8) is 0 Å². The van der Waals surface area contributed by atoms with Crippen molar-refractivity contribution in [1.82, 2.24) is 0 Å². The molecule has 0 spiro atoms. The molecule has 6 aromatic rings. The lowest BCUT2D eigenvalue weighted by molar-refractivity contribution is 0.332. The van der Waals surface area contributed by atoms with Crippen LogP contribution in [0.4, 0.5) is 34.1 Å². The molecular weight excluding hydrogens is 844 g/mol. The first-order valence-corrected chi connectivity index (χ1v) is 26.8. The fraction of sp³-hybridized carbons (Fsp3) is 0.463. The van der Waals surface area contributed by atoms with Gasteiger partial charge in [0, 0.05) is 43.7 Å². The van der Waals surface area contributed by atoms with Gasteiger partial charge in [-0.2, -0.15) is 0 Å². The summed E-state index contributed by atoms with van der Waals surface area (Å²) in [6, 6.07) is 36.0. The van der Waals surface area contributed by atoms with Crippen molar-refractivity contribution in [3.05, 3.63) is 147 Å². The summed E-state index contributed by atoms with van der Waals surface area (Å²) < 4.78 is 27.8. The Bertz CT molecular complexity index is 3400. The second-order valence-electron chi connectivity index (χ2n) is 28.5. The Hall–Kier alpha value is -5.02. The number of fused-ring (bicyclic) bond motifs is 10. The van der Waals surface area contributed by atoms with Gasteiger partial charge in [0.1, 0.15) is 0 Å². The van der Waals surface area contributed by atoms with Crippen LogP contribution >= 0.6 is 0 Å². The lowest BCUT2D eigenvalue weighted by atomic mass is 9.33. The van der Waals surface area contributed by atoms with E-state index >= 15 is 0 Å². The van der Waals surface area contributed by atoms with E-state index in [2.05, 4.69) is 218 Å². The van der Waals surface area contributed by atoms with Crippen LogP contribution in [0, 0.1) is 6.85 Å². The smallest absolute Gasteiger partial charge is 0.252 e. The van der Waals surface area contributed by atoms with Gasteiger partial charge < -0.3 is 9.80 Å². The Morgan fingerprint density at radius 1 is 0.429 bits per heavy atom.